The third-order valence-electron chi connectivity index (χ3n) is 5.79. The molecule has 0 aromatic carbocycles. The molecule has 15 nitrogen and oxygen atoms in total. The topological polar surface area (TPSA) is 207 Å². The fourth-order valence-corrected chi connectivity index (χ4v) is 3.80. The Balaban J connectivity index is 0.00000533. The van der Waals surface area contributed by atoms with E-state index in [-0.39, 0.29) is 53.9 Å². The maximum Gasteiger partial charge on any atom is 0.287 e. The number of aromatic nitrogens is 3. The summed E-state index contributed by atoms with van der Waals surface area (Å²) in [7, 11) is 4.81. The Morgan fingerprint density at radius 1 is 0.923 bits per heavy atom. The third kappa shape index (κ3) is 7.38. The molecule has 0 spiro atoms. The normalized spacial score (nSPS) is 11.2. The van der Waals surface area contributed by atoms with E-state index in [4.69, 9.17) is 11.1 Å². The largest absolute Gasteiger partial charge is 0.370 e. The van der Waals surface area contributed by atoms with Gasteiger partial charge in [-0.1, -0.05) is 6.92 Å². The highest BCUT2D eigenvalue weighted by Gasteiger charge is 2.20. The molecule has 210 valence electrons. The average molecular weight is 563 g/mol. The molecule has 0 fully saturated rings. The summed E-state index contributed by atoms with van der Waals surface area (Å²) in [6.45, 7) is 2.16. The van der Waals surface area contributed by atoms with Crippen LogP contribution in [0.3, 0.4) is 0 Å². The van der Waals surface area contributed by atoms with Crippen molar-refractivity contribution >= 4 is 53.2 Å². The number of hydrogen-bond donors (Lipinski definition) is 6. The highest BCUT2D eigenvalue weighted by molar-refractivity contribution is 6.07. The van der Waals surface area contributed by atoms with E-state index >= 15 is 0 Å². The number of aryl methyl sites for hydroxylation is 3. The summed E-state index contributed by atoms with van der Waals surface area (Å²) in [5.41, 5.74) is 6.49. The lowest BCUT2D eigenvalue weighted by molar-refractivity contribution is -0.384. The van der Waals surface area contributed by atoms with Crippen molar-refractivity contribution in [2.75, 3.05) is 17.2 Å². The molecule has 3 rings (SSSR count). The van der Waals surface area contributed by atoms with Gasteiger partial charge in [0.25, 0.3) is 23.4 Å². The molecule has 0 saturated carbocycles. The first-order chi connectivity index (χ1) is 17.9. The zero-order valence-corrected chi connectivity index (χ0v) is 22.6. The van der Waals surface area contributed by atoms with Gasteiger partial charge >= 0.3 is 0 Å². The zero-order valence-electron chi connectivity index (χ0n) is 21.8. The van der Waals surface area contributed by atoms with Crippen molar-refractivity contribution in [1.82, 2.24) is 24.3 Å². The van der Waals surface area contributed by atoms with E-state index in [2.05, 4.69) is 21.3 Å². The minimum Gasteiger partial charge on any atom is -0.370 e. The first kappa shape index (κ1) is 30.4. The average Bonchev–Trinajstić information content (AvgIpc) is 3.52. The van der Waals surface area contributed by atoms with Crippen LogP contribution in [0.4, 0.5) is 17.1 Å². The van der Waals surface area contributed by atoms with Crippen LogP contribution in [-0.2, 0) is 21.1 Å². The third-order valence-corrected chi connectivity index (χ3v) is 5.79. The maximum atomic E-state index is 12.9. The smallest absolute Gasteiger partial charge is 0.287 e. The van der Waals surface area contributed by atoms with Crippen molar-refractivity contribution in [2.24, 2.45) is 26.9 Å². The number of halogens is 1. The first-order valence-corrected chi connectivity index (χ1v) is 11.5. The number of nitrogens with two attached hydrogens (primary N) is 1. The second-order valence-corrected chi connectivity index (χ2v) is 8.68. The van der Waals surface area contributed by atoms with E-state index < -0.39 is 16.7 Å². The van der Waals surface area contributed by atoms with Crippen LogP contribution in [0.2, 0.25) is 0 Å². The molecule has 0 aliphatic rings. The fourth-order valence-electron chi connectivity index (χ4n) is 3.80. The van der Waals surface area contributed by atoms with Gasteiger partial charge < -0.3 is 40.7 Å². The monoisotopic (exact) mass is 562 g/mol. The Labute approximate surface area is 229 Å². The second kappa shape index (κ2) is 12.6. The molecule has 0 aliphatic carbocycles. The molecular weight excluding hydrogens is 532 g/mol. The van der Waals surface area contributed by atoms with Crippen LogP contribution in [0, 0.1) is 15.5 Å². The van der Waals surface area contributed by atoms with Gasteiger partial charge in [-0.05, 0) is 18.6 Å². The first-order valence-electron chi connectivity index (χ1n) is 11.5. The van der Waals surface area contributed by atoms with Crippen LogP contribution in [0.1, 0.15) is 44.8 Å². The molecule has 0 saturated heterocycles. The lowest BCUT2D eigenvalue weighted by Gasteiger charge is -2.17. The minimum atomic E-state index is -0.589. The summed E-state index contributed by atoms with van der Waals surface area (Å²) < 4.78 is 4.43. The number of nitrogens with one attached hydrogen (secondary N) is 5. The van der Waals surface area contributed by atoms with Crippen LogP contribution >= 0.6 is 12.4 Å². The molecule has 0 bridgehead atoms. The summed E-state index contributed by atoms with van der Waals surface area (Å²) in [5, 5.41) is 29.2. The van der Waals surface area contributed by atoms with E-state index in [1.807, 2.05) is 6.92 Å². The van der Waals surface area contributed by atoms with E-state index in [9.17, 15) is 24.5 Å². The van der Waals surface area contributed by atoms with Crippen LogP contribution in [0.15, 0.2) is 36.8 Å². The maximum absolute atomic E-state index is 12.9. The number of nitro groups is 1. The van der Waals surface area contributed by atoms with Gasteiger partial charge in [-0.3, -0.25) is 29.9 Å². The number of rotatable bonds is 10. The summed E-state index contributed by atoms with van der Waals surface area (Å²) in [5.74, 6) is -1.58. The summed E-state index contributed by atoms with van der Waals surface area (Å²) in [4.78, 5) is 48.5. The number of hydrogen-bond acceptors (Lipinski definition) is 6. The minimum absolute atomic E-state index is 0. The van der Waals surface area contributed by atoms with Crippen molar-refractivity contribution in [1.29, 1.82) is 5.41 Å². The van der Waals surface area contributed by atoms with Crippen LogP contribution in [0.5, 0.6) is 0 Å². The van der Waals surface area contributed by atoms with Crippen LogP contribution < -0.4 is 27.0 Å². The fraction of sp³-hybridized carbons (Fsp3) is 0.304. The number of nitrogens with zero attached hydrogens (tertiary/aromatic N) is 4. The van der Waals surface area contributed by atoms with Gasteiger partial charge in [-0.15, -0.1) is 12.4 Å². The molecule has 7 N–H and O–H groups in total. The molecule has 3 aromatic heterocycles. The number of carbonyl (C=O) groups is 3. The van der Waals surface area contributed by atoms with E-state index in [1.54, 1.807) is 24.9 Å². The van der Waals surface area contributed by atoms with E-state index in [0.717, 1.165) is 6.07 Å². The Bertz CT molecular complexity index is 1410. The van der Waals surface area contributed by atoms with Crippen molar-refractivity contribution in [3.63, 3.8) is 0 Å². The zero-order chi connectivity index (χ0) is 28.1. The Hall–Kier alpha value is -4.79. The number of anilines is 2. The van der Waals surface area contributed by atoms with Crippen molar-refractivity contribution in [3.05, 3.63) is 64.0 Å². The molecule has 39 heavy (non-hydrogen) atoms. The summed E-state index contributed by atoms with van der Waals surface area (Å²) >= 11 is 0. The van der Waals surface area contributed by atoms with Crippen LogP contribution in [-0.4, -0.2) is 54.9 Å². The highest BCUT2D eigenvalue weighted by Crippen LogP contribution is 2.20. The molecule has 0 radical (unpaired) electrons. The van der Waals surface area contributed by atoms with Gasteiger partial charge in [0.15, 0.2) is 5.96 Å². The predicted molar refractivity (Wildman–Crippen MR) is 148 cm³/mol. The lowest BCUT2D eigenvalue weighted by Crippen LogP contribution is -2.45. The van der Waals surface area contributed by atoms with E-state index in [0.29, 0.717) is 23.5 Å². The second-order valence-electron chi connectivity index (χ2n) is 8.68. The molecule has 1 atom stereocenters. The lowest BCUT2D eigenvalue weighted by atomic mass is 10.2. The summed E-state index contributed by atoms with van der Waals surface area (Å²) in [6, 6.07) is 3.96. The Morgan fingerprint density at radius 3 is 1.82 bits per heavy atom. The molecule has 16 heteroatoms. The van der Waals surface area contributed by atoms with E-state index in [1.165, 1.54) is 40.7 Å². The Morgan fingerprint density at radius 2 is 1.38 bits per heavy atom. The molecule has 0 aliphatic heterocycles. The summed E-state index contributed by atoms with van der Waals surface area (Å²) in [6.07, 6.45) is 5.01. The van der Waals surface area contributed by atoms with Gasteiger partial charge in [0.2, 0.25) is 0 Å². The molecule has 3 heterocycles. The highest BCUT2D eigenvalue weighted by atomic mass is 35.5. The van der Waals surface area contributed by atoms with Crippen LogP contribution in [0.25, 0.3) is 0 Å². The van der Waals surface area contributed by atoms with Gasteiger partial charge in [0.1, 0.15) is 17.1 Å². The van der Waals surface area contributed by atoms with Gasteiger partial charge in [0, 0.05) is 52.2 Å². The van der Waals surface area contributed by atoms with Gasteiger partial charge in [0.05, 0.1) is 22.5 Å². The molecular formula is C23H31ClN10O5. The molecule has 3 aromatic rings. The predicted octanol–water partition coefficient (Wildman–Crippen LogP) is 1.53. The van der Waals surface area contributed by atoms with Crippen molar-refractivity contribution < 1.29 is 19.3 Å². The molecule has 1 unspecified atom stereocenters. The van der Waals surface area contributed by atoms with Gasteiger partial charge in [-0.2, -0.15) is 0 Å². The molecule has 3 amide bonds. The SMILES string of the molecule is CCC(CNC(=O)c1cc(NC(=O)c2cc(NC(=O)c3cc([N+](=O)[O-])cn3C)cn2C)cn1C)NC(=N)N.Cl. The van der Waals surface area contributed by atoms with Crippen molar-refractivity contribution in [3.8, 4) is 0 Å². The standard InChI is InChI=1S/C23H30N10O5.ClH/c1-5-13(29-23(24)25)9-26-20(34)17-6-14(10-30(17)2)27-21(35)18-7-15(11-31(18)3)28-22(36)19-8-16(33(37)38)12-32(19)4;/h6-8,10-13H,5,9H2,1-4H3,(H,26,34)(H,27,35)(H,28,36)(H4,24,25,29);1H. The quantitative estimate of drug-likeness (QED) is 0.0928. The number of guanidine groups is 1. The Kier molecular flexibility index (Phi) is 9.86. The number of amides is 3. The van der Waals surface area contributed by atoms with Gasteiger partial charge in [-0.25, -0.2) is 0 Å². The number of carbonyl (C=O) groups excluding carboxylic acids is 3. The van der Waals surface area contributed by atoms with Crippen molar-refractivity contribution in [2.45, 2.75) is 19.4 Å².